The molecule has 0 aliphatic rings. The summed E-state index contributed by atoms with van der Waals surface area (Å²) in [6.45, 7) is 0. The van der Waals surface area contributed by atoms with Crippen LogP contribution in [0.1, 0.15) is 16.1 Å². The van der Waals surface area contributed by atoms with Gasteiger partial charge in [-0.25, -0.2) is 4.98 Å². The number of hydrogen-bond donors (Lipinski definition) is 0. The van der Waals surface area contributed by atoms with Crippen LogP contribution in [0, 0.1) is 11.3 Å². The molecule has 1 unspecified atom stereocenters. The standard InChI is InChI=1S/C7H4ClN2OP/c8-5-1-4(7(11)12)3-10-6(5)2-9/h1,3H,12H2. The summed E-state index contributed by atoms with van der Waals surface area (Å²) in [4.78, 5) is 14.5. The summed E-state index contributed by atoms with van der Waals surface area (Å²) < 4.78 is 0. The molecule has 1 heterocycles. The van der Waals surface area contributed by atoms with Crippen LogP contribution < -0.4 is 0 Å². The predicted octanol–water partition coefficient (Wildman–Crippen LogP) is 1.62. The van der Waals surface area contributed by atoms with Crippen molar-refractivity contribution in [1.82, 2.24) is 4.98 Å². The second-order valence-corrected chi connectivity index (χ2v) is 2.96. The first-order valence-electron chi connectivity index (χ1n) is 3.00. The van der Waals surface area contributed by atoms with Gasteiger partial charge in [-0.15, -0.1) is 0 Å². The number of halogens is 1. The third kappa shape index (κ3) is 1.79. The second-order valence-electron chi connectivity index (χ2n) is 2.03. The van der Waals surface area contributed by atoms with Crippen molar-refractivity contribution in [1.29, 1.82) is 5.26 Å². The van der Waals surface area contributed by atoms with Gasteiger partial charge in [-0.05, 0) is 6.07 Å². The van der Waals surface area contributed by atoms with E-state index in [4.69, 9.17) is 16.9 Å². The average molecular weight is 199 g/mol. The lowest BCUT2D eigenvalue weighted by Crippen LogP contribution is -1.92. The Morgan fingerprint density at radius 1 is 1.75 bits per heavy atom. The highest BCUT2D eigenvalue weighted by Crippen LogP contribution is 2.15. The fourth-order valence-corrected chi connectivity index (χ4v) is 1.02. The molecule has 1 atom stereocenters. The molecule has 3 nitrogen and oxygen atoms in total. The summed E-state index contributed by atoms with van der Waals surface area (Å²) in [6.07, 6.45) is 1.32. The minimum Gasteiger partial charge on any atom is -0.290 e. The van der Waals surface area contributed by atoms with Gasteiger partial charge in [-0.2, -0.15) is 5.26 Å². The quantitative estimate of drug-likeness (QED) is 0.645. The summed E-state index contributed by atoms with van der Waals surface area (Å²) >= 11 is 5.63. The number of hydrogen-bond acceptors (Lipinski definition) is 3. The van der Waals surface area contributed by atoms with Crippen molar-refractivity contribution in [3.05, 3.63) is 28.5 Å². The normalized spacial score (nSPS) is 9.08. The van der Waals surface area contributed by atoms with Crippen molar-refractivity contribution < 1.29 is 4.79 Å². The Morgan fingerprint density at radius 2 is 2.42 bits per heavy atom. The van der Waals surface area contributed by atoms with Gasteiger partial charge in [-0.3, -0.25) is 4.79 Å². The topological polar surface area (TPSA) is 53.8 Å². The van der Waals surface area contributed by atoms with E-state index in [-0.39, 0.29) is 16.2 Å². The van der Waals surface area contributed by atoms with E-state index in [1.54, 1.807) is 6.07 Å². The number of carbonyl (C=O) groups is 1. The smallest absolute Gasteiger partial charge is 0.179 e. The third-order valence-electron chi connectivity index (χ3n) is 1.23. The van der Waals surface area contributed by atoms with Crippen molar-refractivity contribution in [2.45, 2.75) is 0 Å². The molecule has 1 rings (SSSR count). The minimum atomic E-state index is -0.200. The molecule has 60 valence electrons. The molecule has 0 radical (unpaired) electrons. The van der Waals surface area contributed by atoms with Crippen LogP contribution in [0.25, 0.3) is 0 Å². The van der Waals surface area contributed by atoms with Crippen molar-refractivity contribution >= 4 is 26.4 Å². The molecule has 0 aliphatic carbocycles. The molecule has 1 aromatic rings. The molecule has 0 amide bonds. The SMILES string of the molecule is N#Cc1ncc(C(=O)P)cc1Cl. The lowest BCUT2D eigenvalue weighted by atomic mass is 10.3. The van der Waals surface area contributed by atoms with Gasteiger partial charge in [0.25, 0.3) is 0 Å². The van der Waals surface area contributed by atoms with E-state index in [0.717, 1.165) is 0 Å². The van der Waals surface area contributed by atoms with E-state index in [1.165, 1.54) is 12.3 Å². The Balaban J connectivity index is 3.21. The summed E-state index contributed by atoms with van der Waals surface area (Å²) in [6, 6.07) is 3.22. The number of aromatic nitrogens is 1. The van der Waals surface area contributed by atoms with E-state index in [9.17, 15) is 4.79 Å². The first-order chi connectivity index (χ1) is 5.65. The fraction of sp³-hybridized carbons (Fsp3) is 0. The van der Waals surface area contributed by atoms with Gasteiger partial charge in [0.2, 0.25) is 0 Å². The lowest BCUT2D eigenvalue weighted by molar-refractivity contribution is 0.108. The molecule has 0 saturated carbocycles. The predicted molar refractivity (Wildman–Crippen MR) is 48.0 cm³/mol. The van der Waals surface area contributed by atoms with Gasteiger partial charge < -0.3 is 0 Å². The summed E-state index contributed by atoms with van der Waals surface area (Å²) in [5.41, 5.74) is 0.310. The van der Waals surface area contributed by atoms with Crippen LogP contribution in [0.15, 0.2) is 12.3 Å². The number of nitriles is 1. The van der Waals surface area contributed by atoms with Crippen LogP contribution >= 0.6 is 20.8 Å². The number of pyridine rings is 1. The van der Waals surface area contributed by atoms with E-state index in [2.05, 4.69) is 4.98 Å². The van der Waals surface area contributed by atoms with E-state index < -0.39 is 0 Å². The zero-order chi connectivity index (χ0) is 9.14. The monoisotopic (exact) mass is 198 g/mol. The van der Waals surface area contributed by atoms with Crippen LogP contribution in [-0.2, 0) is 0 Å². The highest BCUT2D eigenvalue weighted by atomic mass is 35.5. The molecule has 0 fully saturated rings. The molecule has 12 heavy (non-hydrogen) atoms. The van der Waals surface area contributed by atoms with Crippen LogP contribution in [0.4, 0.5) is 0 Å². The van der Waals surface area contributed by atoms with Crippen molar-refractivity contribution in [3.8, 4) is 6.07 Å². The molecule has 0 N–H and O–H groups in total. The minimum absolute atomic E-state index is 0.131. The number of rotatable bonds is 1. The van der Waals surface area contributed by atoms with Gasteiger partial charge in [0.15, 0.2) is 11.2 Å². The lowest BCUT2D eigenvalue weighted by Gasteiger charge is -1.96. The van der Waals surface area contributed by atoms with E-state index >= 15 is 0 Å². The number of carbonyl (C=O) groups excluding carboxylic acids is 1. The number of nitrogens with zero attached hydrogens (tertiary/aromatic N) is 2. The molecule has 5 heteroatoms. The molecule has 1 aromatic heterocycles. The fourth-order valence-electron chi connectivity index (χ4n) is 0.655. The van der Waals surface area contributed by atoms with Gasteiger partial charge in [-0.1, -0.05) is 20.8 Å². The third-order valence-corrected chi connectivity index (χ3v) is 1.85. The van der Waals surface area contributed by atoms with Gasteiger partial charge in [0.05, 0.1) is 5.02 Å². The summed E-state index contributed by atoms with van der Waals surface area (Å²) in [5, 5.41) is 8.66. The average Bonchev–Trinajstić information content (AvgIpc) is 2.04. The molecule has 0 aliphatic heterocycles. The van der Waals surface area contributed by atoms with Crippen molar-refractivity contribution in [2.75, 3.05) is 0 Å². The Morgan fingerprint density at radius 3 is 2.83 bits per heavy atom. The Labute approximate surface area is 76.6 Å². The van der Waals surface area contributed by atoms with Gasteiger partial charge in [0, 0.05) is 11.8 Å². The van der Waals surface area contributed by atoms with Gasteiger partial charge >= 0.3 is 0 Å². The zero-order valence-electron chi connectivity index (χ0n) is 5.91. The molecule has 0 spiro atoms. The summed E-state index contributed by atoms with van der Waals surface area (Å²) in [7, 11) is 2.01. The maximum Gasteiger partial charge on any atom is 0.179 e. The largest absolute Gasteiger partial charge is 0.290 e. The van der Waals surface area contributed by atoms with Gasteiger partial charge in [0.1, 0.15) is 6.07 Å². The van der Waals surface area contributed by atoms with Crippen LogP contribution in [0.5, 0.6) is 0 Å². The van der Waals surface area contributed by atoms with E-state index in [1.807, 2.05) is 9.24 Å². The maximum absolute atomic E-state index is 10.8. The van der Waals surface area contributed by atoms with Crippen molar-refractivity contribution in [2.24, 2.45) is 0 Å². The first kappa shape index (κ1) is 9.12. The molecular formula is C7H4ClN2OP. The zero-order valence-corrected chi connectivity index (χ0v) is 7.82. The molecule has 0 saturated heterocycles. The highest BCUT2D eigenvalue weighted by Gasteiger charge is 2.04. The Kier molecular flexibility index (Phi) is 2.75. The molecular weight excluding hydrogens is 195 g/mol. The van der Waals surface area contributed by atoms with E-state index in [0.29, 0.717) is 5.56 Å². The van der Waals surface area contributed by atoms with Crippen LogP contribution in [-0.4, -0.2) is 10.5 Å². The first-order valence-corrected chi connectivity index (χ1v) is 3.96. The summed E-state index contributed by atoms with van der Waals surface area (Å²) in [5.74, 6) is 0. The van der Waals surface area contributed by atoms with Crippen LogP contribution in [0.3, 0.4) is 0 Å². The Hall–Kier alpha value is -0.970. The van der Waals surface area contributed by atoms with Crippen LogP contribution in [0.2, 0.25) is 5.02 Å². The second kappa shape index (κ2) is 3.62. The van der Waals surface area contributed by atoms with Crippen molar-refractivity contribution in [3.63, 3.8) is 0 Å². The highest BCUT2D eigenvalue weighted by molar-refractivity contribution is 7.41. The maximum atomic E-state index is 10.8. The molecule has 0 aromatic carbocycles. The Bertz CT molecular complexity index is 372. The molecule has 0 bridgehead atoms.